The molecule has 46 heavy (non-hydrogen) atoms. The zero-order valence-electron chi connectivity index (χ0n) is 24.6. The minimum absolute atomic E-state index is 0.164. The third-order valence-corrected chi connectivity index (χ3v) is 10.3. The Morgan fingerprint density at radius 2 is 1.85 bits per heavy atom. The van der Waals surface area contributed by atoms with Crippen molar-refractivity contribution >= 4 is 56.6 Å². The van der Waals surface area contributed by atoms with Crippen LogP contribution < -0.4 is 15.2 Å². The van der Waals surface area contributed by atoms with Gasteiger partial charge in [-0.15, -0.1) is 0 Å². The number of fused-ring (bicyclic) bond motifs is 2. The summed E-state index contributed by atoms with van der Waals surface area (Å²) in [5.41, 5.74) is 7.28. The van der Waals surface area contributed by atoms with Gasteiger partial charge in [-0.1, -0.05) is 11.8 Å². The second-order valence-electron chi connectivity index (χ2n) is 11.3. The summed E-state index contributed by atoms with van der Waals surface area (Å²) in [5, 5.41) is 40.1. The van der Waals surface area contributed by atoms with Gasteiger partial charge in [-0.25, -0.2) is 19.7 Å². The highest BCUT2D eigenvalue weighted by Gasteiger charge is 2.48. The predicted molar refractivity (Wildman–Crippen MR) is 163 cm³/mol. The Bertz CT molecular complexity index is 1620. The van der Waals surface area contributed by atoms with Gasteiger partial charge in [0.1, 0.15) is 30.7 Å². The normalized spacial score (nSPS) is 25.6. The van der Waals surface area contributed by atoms with Crippen molar-refractivity contribution in [2.45, 2.75) is 79.6 Å². The van der Waals surface area contributed by atoms with Crippen LogP contribution in [0.5, 0.6) is 11.5 Å². The number of piperidine rings is 1. The van der Waals surface area contributed by atoms with Gasteiger partial charge in [0.05, 0.1) is 0 Å². The number of aliphatic hydroxyl groups is 3. The molecule has 1 aromatic carbocycles. The van der Waals surface area contributed by atoms with Gasteiger partial charge < -0.3 is 54.6 Å². The molecule has 0 spiro atoms. The van der Waals surface area contributed by atoms with E-state index in [1.54, 1.807) is 4.90 Å². The first kappa shape index (κ1) is 32.7. The summed E-state index contributed by atoms with van der Waals surface area (Å²) in [4.78, 5) is 40.4. The van der Waals surface area contributed by atoms with Crippen LogP contribution in [0.3, 0.4) is 0 Å². The molecular formula is C28H33BrN6O10S. The number of nitrogens with two attached hydrogens (primary N) is 1. The van der Waals surface area contributed by atoms with E-state index in [2.05, 4.69) is 25.9 Å². The van der Waals surface area contributed by atoms with Crippen molar-refractivity contribution in [2.24, 2.45) is 5.92 Å². The number of nitrogen functional groups attached to an aromatic ring is 1. The van der Waals surface area contributed by atoms with Crippen molar-refractivity contribution in [1.29, 1.82) is 0 Å². The lowest BCUT2D eigenvalue weighted by Crippen LogP contribution is -2.61. The molecule has 1 amide bonds. The number of carbonyl (C=O) groups excluding carboxylic acids is 1. The number of carboxylic acids is 1. The Labute approximate surface area is 274 Å². The number of likely N-dealkylation sites (tertiary alicyclic amines) is 1. The van der Waals surface area contributed by atoms with Crippen LogP contribution in [-0.4, -0.2) is 113 Å². The van der Waals surface area contributed by atoms with E-state index in [9.17, 15) is 30.0 Å². The number of hydrogen-bond donors (Lipinski definition) is 5. The van der Waals surface area contributed by atoms with E-state index >= 15 is 0 Å². The summed E-state index contributed by atoms with van der Waals surface area (Å²) in [7, 11) is 0. The number of ether oxygens (including phenoxy) is 4. The highest BCUT2D eigenvalue weighted by molar-refractivity contribution is 9.10. The number of rotatable bonds is 9. The smallest absolute Gasteiger partial charge is 0.335 e. The van der Waals surface area contributed by atoms with Gasteiger partial charge in [-0.05, 0) is 60.2 Å². The molecule has 2 aromatic heterocycles. The number of hydrogen-bond acceptors (Lipinski definition) is 14. The Morgan fingerprint density at radius 3 is 2.57 bits per heavy atom. The molecule has 0 bridgehead atoms. The fourth-order valence-electron chi connectivity index (χ4n) is 5.72. The number of imidazole rings is 1. The molecular weight excluding hydrogens is 692 g/mol. The number of carboxylic acid groups (broad SMARTS) is 1. The molecule has 6 N–H and O–H groups in total. The predicted octanol–water partition coefficient (Wildman–Crippen LogP) is 0.977. The van der Waals surface area contributed by atoms with Gasteiger partial charge in [-0.2, -0.15) is 0 Å². The maximum atomic E-state index is 13.2. The lowest BCUT2D eigenvalue weighted by atomic mass is 9.93. The van der Waals surface area contributed by atoms with Crippen LogP contribution in [-0.2, 0) is 25.6 Å². The summed E-state index contributed by atoms with van der Waals surface area (Å²) in [6, 6.07) is 3.75. The molecule has 16 nitrogen and oxygen atoms in total. The summed E-state index contributed by atoms with van der Waals surface area (Å²) >= 11 is 5.05. The molecule has 18 heteroatoms. The van der Waals surface area contributed by atoms with Gasteiger partial charge >= 0.3 is 5.97 Å². The number of aliphatic carboxylic acids is 1. The third-order valence-electron chi connectivity index (χ3n) is 8.34. The second-order valence-corrected chi connectivity index (χ2v) is 13.1. The van der Waals surface area contributed by atoms with Crippen molar-refractivity contribution in [3.63, 3.8) is 0 Å². The lowest BCUT2D eigenvalue weighted by Gasteiger charge is -2.40. The first-order valence-electron chi connectivity index (χ1n) is 14.6. The average Bonchev–Trinajstić information content (AvgIpc) is 3.64. The first-order valence-corrected chi connectivity index (χ1v) is 16.2. The average molecular weight is 726 g/mol. The van der Waals surface area contributed by atoms with Crippen LogP contribution in [0.4, 0.5) is 5.82 Å². The van der Waals surface area contributed by atoms with Gasteiger partial charge in [-0.3, -0.25) is 4.79 Å². The third kappa shape index (κ3) is 6.47. The topological polar surface area (TPSA) is 225 Å². The van der Waals surface area contributed by atoms with Crippen molar-refractivity contribution in [3.8, 4) is 11.5 Å². The largest absolute Gasteiger partial charge is 0.479 e. The van der Waals surface area contributed by atoms with Crippen LogP contribution >= 0.6 is 27.7 Å². The Hall–Kier alpha value is -3.26. The molecule has 6 rings (SSSR count). The van der Waals surface area contributed by atoms with Gasteiger partial charge in [0.15, 0.2) is 46.0 Å². The summed E-state index contributed by atoms with van der Waals surface area (Å²) < 4.78 is 24.6. The molecule has 0 radical (unpaired) electrons. The zero-order valence-corrected chi connectivity index (χ0v) is 27.0. The molecule has 0 aliphatic carbocycles. The van der Waals surface area contributed by atoms with Gasteiger partial charge in [0.2, 0.25) is 6.79 Å². The zero-order chi connectivity index (χ0) is 32.7. The van der Waals surface area contributed by atoms with Crippen LogP contribution in [0.25, 0.3) is 11.2 Å². The van der Waals surface area contributed by atoms with Gasteiger partial charge in [0, 0.05) is 29.0 Å². The number of anilines is 1. The molecule has 5 heterocycles. The molecule has 3 aromatic rings. The van der Waals surface area contributed by atoms with E-state index in [4.69, 9.17) is 29.7 Å². The maximum absolute atomic E-state index is 13.2. The van der Waals surface area contributed by atoms with E-state index in [-0.39, 0.29) is 18.5 Å². The van der Waals surface area contributed by atoms with E-state index in [0.29, 0.717) is 53.4 Å². The summed E-state index contributed by atoms with van der Waals surface area (Å²) in [6.45, 7) is 3.17. The summed E-state index contributed by atoms with van der Waals surface area (Å²) in [6.07, 6.45) is -6.24. The van der Waals surface area contributed by atoms with Crippen molar-refractivity contribution < 1.29 is 49.0 Å². The minimum atomic E-state index is -1.84. The molecule has 2 fully saturated rings. The first-order chi connectivity index (χ1) is 22.0. The monoisotopic (exact) mass is 724 g/mol. The lowest BCUT2D eigenvalue weighted by molar-refractivity contribution is -0.301. The highest BCUT2D eigenvalue weighted by Crippen LogP contribution is 2.43. The minimum Gasteiger partial charge on any atom is -0.479 e. The number of carbonyl (C=O) groups is 2. The van der Waals surface area contributed by atoms with Crippen LogP contribution in [0.1, 0.15) is 26.2 Å². The molecule has 3 aliphatic rings. The van der Waals surface area contributed by atoms with E-state index < -0.39 is 42.8 Å². The van der Waals surface area contributed by atoms with Crippen molar-refractivity contribution in [3.05, 3.63) is 22.9 Å². The van der Waals surface area contributed by atoms with E-state index in [1.807, 2.05) is 16.7 Å². The van der Waals surface area contributed by atoms with Gasteiger partial charge in [0.25, 0.3) is 5.91 Å². The van der Waals surface area contributed by atoms with Crippen molar-refractivity contribution in [2.75, 3.05) is 25.6 Å². The Kier molecular flexibility index (Phi) is 9.56. The quantitative estimate of drug-likeness (QED) is 0.207. The number of halogens is 1. The number of nitrogens with zero attached hydrogens (tertiary/aromatic N) is 5. The number of aliphatic hydroxyl groups excluding tert-OH is 3. The van der Waals surface area contributed by atoms with Crippen LogP contribution in [0, 0.1) is 5.92 Å². The number of benzene rings is 1. The fraction of sp³-hybridized carbons (Fsp3) is 0.536. The van der Waals surface area contributed by atoms with Crippen LogP contribution in [0.2, 0.25) is 0 Å². The molecule has 0 saturated carbocycles. The number of amides is 1. The van der Waals surface area contributed by atoms with E-state index in [1.165, 1.54) is 25.0 Å². The highest BCUT2D eigenvalue weighted by atomic mass is 79.9. The molecule has 3 aliphatic heterocycles. The molecule has 248 valence electrons. The molecule has 2 saturated heterocycles. The van der Waals surface area contributed by atoms with E-state index in [0.717, 1.165) is 28.6 Å². The number of aromatic nitrogens is 4. The SMILES string of the molecule is CC(O[C@@H]1O[C@H](C(=O)O)[C@@H](O)[C@H](O)[C@@H]1O)C(=O)N1CCC(CCn2c(Sc3cc4c(cc3Br)OCO4)nc3c(N)ncnc32)CC1. The second kappa shape index (κ2) is 13.5. The Balaban J connectivity index is 1.07. The number of aryl methyl sites for hydroxylation is 1. The molecule has 1 unspecified atom stereocenters. The fourth-order valence-corrected chi connectivity index (χ4v) is 7.23. The Morgan fingerprint density at radius 1 is 1.13 bits per heavy atom. The van der Waals surface area contributed by atoms with Crippen molar-refractivity contribution in [1.82, 2.24) is 24.4 Å². The van der Waals surface area contributed by atoms with Crippen LogP contribution in [0.15, 0.2) is 33.0 Å². The maximum Gasteiger partial charge on any atom is 0.335 e. The molecule has 6 atom stereocenters. The standard InChI is InChI=1S/C28H33BrN6O10S/c1-12(44-27-21(38)19(36)20(37)22(45-27)26(40)41)25(39)34-5-2-13(3-6-34)4-7-35-24-18(23(30)31-10-32-24)33-28(35)46-17-9-16-15(8-14(17)29)42-11-43-16/h8-10,12-13,19-22,27,36-38H,2-7,11H2,1H3,(H,40,41)(H2,30,31,32)/t12?,19-,20-,21-,22-,27+/m0/s1. The summed E-state index contributed by atoms with van der Waals surface area (Å²) in [5.74, 6) is 0.00651.